The van der Waals surface area contributed by atoms with Crippen LogP contribution in [0.15, 0.2) is 0 Å². The summed E-state index contributed by atoms with van der Waals surface area (Å²) in [6.07, 6.45) is 4.90. The summed E-state index contributed by atoms with van der Waals surface area (Å²) in [7, 11) is 0. The maximum Gasteiger partial charge on any atom is 0.410 e. The van der Waals surface area contributed by atoms with E-state index in [1.807, 2.05) is 11.8 Å². The Morgan fingerprint density at radius 3 is 2.71 bits per heavy atom. The Morgan fingerprint density at radius 2 is 2.18 bits per heavy atom. The van der Waals surface area contributed by atoms with Crippen LogP contribution in [-0.2, 0) is 4.74 Å². The van der Waals surface area contributed by atoms with Gasteiger partial charge < -0.3 is 9.64 Å². The number of nitrogens with zero attached hydrogens (tertiary/aromatic N) is 2. The predicted octanol–water partition coefficient (Wildman–Crippen LogP) is 1.70. The minimum Gasteiger partial charge on any atom is -0.450 e. The zero-order chi connectivity index (χ0) is 11.8. The minimum absolute atomic E-state index is 0.0933. The van der Waals surface area contributed by atoms with Gasteiger partial charge in [0.1, 0.15) is 0 Å². The molecule has 4 heteroatoms. The quantitative estimate of drug-likeness (QED) is 0.734. The lowest BCUT2D eigenvalue weighted by molar-refractivity contribution is -0.0406. The second kappa shape index (κ2) is 4.48. The van der Waals surface area contributed by atoms with E-state index >= 15 is 0 Å². The average molecular weight is 238 g/mol. The van der Waals surface area contributed by atoms with Gasteiger partial charge in [0.2, 0.25) is 0 Å². The average Bonchev–Trinajstić information content (AvgIpc) is 2.28. The van der Waals surface area contributed by atoms with Crippen LogP contribution in [0.5, 0.6) is 0 Å². The van der Waals surface area contributed by atoms with E-state index < -0.39 is 0 Å². The fourth-order valence-corrected chi connectivity index (χ4v) is 3.64. The number of fused-ring (bicyclic) bond motifs is 3. The molecule has 3 aliphatic heterocycles. The lowest BCUT2D eigenvalue weighted by Gasteiger charge is -2.54. The first-order valence-electron chi connectivity index (χ1n) is 6.97. The molecule has 0 radical (unpaired) electrons. The number of carbonyl (C=O) groups is 1. The van der Waals surface area contributed by atoms with Crippen molar-refractivity contribution in [1.29, 1.82) is 0 Å². The third-order valence-electron chi connectivity index (χ3n) is 4.66. The van der Waals surface area contributed by atoms with Gasteiger partial charge in [0.05, 0.1) is 6.61 Å². The summed E-state index contributed by atoms with van der Waals surface area (Å²) in [5.41, 5.74) is 0. The molecule has 2 bridgehead atoms. The molecule has 3 saturated heterocycles. The molecule has 3 unspecified atom stereocenters. The summed E-state index contributed by atoms with van der Waals surface area (Å²) in [4.78, 5) is 16.4. The summed E-state index contributed by atoms with van der Waals surface area (Å²) in [6.45, 7) is 5.83. The highest BCUT2D eigenvalue weighted by atomic mass is 16.6. The van der Waals surface area contributed by atoms with E-state index in [1.165, 1.54) is 38.8 Å². The van der Waals surface area contributed by atoms with E-state index in [-0.39, 0.29) is 6.09 Å². The molecule has 0 N–H and O–H groups in total. The van der Waals surface area contributed by atoms with Crippen LogP contribution in [0.1, 0.15) is 32.6 Å². The zero-order valence-electron chi connectivity index (χ0n) is 10.6. The Hall–Kier alpha value is -0.770. The smallest absolute Gasteiger partial charge is 0.410 e. The summed E-state index contributed by atoms with van der Waals surface area (Å²) >= 11 is 0. The third-order valence-corrected chi connectivity index (χ3v) is 4.66. The fraction of sp³-hybridized carbons (Fsp3) is 0.923. The van der Waals surface area contributed by atoms with Crippen molar-refractivity contribution in [3.8, 4) is 0 Å². The van der Waals surface area contributed by atoms with Crippen LogP contribution in [-0.4, -0.2) is 54.2 Å². The van der Waals surface area contributed by atoms with E-state index in [2.05, 4.69) is 4.90 Å². The SMILES string of the molecule is CCOC(=O)N1CC2CCC1CC2N1CCC1. The summed E-state index contributed by atoms with van der Waals surface area (Å²) in [5, 5.41) is 0. The largest absolute Gasteiger partial charge is 0.450 e. The second-order valence-electron chi connectivity index (χ2n) is 5.54. The molecule has 0 spiro atoms. The van der Waals surface area contributed by atoms with Crippen molar-refractivity contribution in [3.05, 3.63) is 0 Å². The summed E-state index contributed by atoms with van der Waals surface area (Å²) in [5.74, 6) is 0.685. The van der Waals surface area contributed by atoms with Crippen LogP contribution in [0.2, 0.25) is 0 Å². The van der Waals surface area contributed by atoms with Crippen LogP contribution in [0.4, 0.5) is 4.79 Å². The normalized spacial score (nSPS) is 36.8. The van der Waals surface area contributed by atoms with Crippen molar-refractivity contribution >= 4 is 6.09 Å². The Bertz CT molecular complexity index is 304. The van der Waals surface area contributed by atoms with Gasteiger partial charge in [0, 0.05) is 18.6 Å². The lowest BCUT2D eigenvalue weighted by Crippen LogP contribution is -2.62. The van der Waals surface area contributed by atoms with E-state index in [9.17, 15) is 4.79 Å². The van der Waals surface area contributed by atoms with Crippen LogP contribution < -0.4 is 0 Å². The monoisotopic (exact) mass is 238 g/mol. The molecule has 3 atom stereocenters. The van der Waals surface area contributed by atoms with Crippen molar-refractivity contribution in [1.82, 2.24) is 9.80 Å². The number of likely N-dealkylation sites (tertiary alicyclic amines) is 1. The molecular formula is C13H22N2O2. The topological polar surface area (TPSA) is 32.8 Å². The van der Waals surface area contributed by atoms with Gasteiger partial charge in [-0.1, -0.05) is 0 Å². The van der Waals surface area contributed by atoms with Crippen molar-refractivity contribution in [2.24, 2.45) is 5.92 Å². The van der Waals surface area contributed by atoms with Gasteiger partial charge in [-0.2, -0.15) is 0 Å². The Labute approximate surface area is 103 Å². The number of piperidine rings is 2. The van der Waals surface area contributed by atoms with Crippen molar-refractivity contribution in [3.63, 3.8) is 0 Å². The van der Waals surface area contributed by atoms with E-state index in [4.69, 9.17) is 4.74 Å². The predicted molar refractivity (Wildman–Crippen MR) is 64.8 cm³/mol. The molecule has 17 heavy (non-hydrogen) atoms. The van der Waals surface area contributed by atoms with Gasteiger partial charge in [-0.15, -0.1) is 0 Å². The standard InChI is InChI=1S/C13H22N2O2/c1-2-17-13(16)15-9-10-4-5-11(15)8-12(10)14-6-3-7-14/h10-12H,2-9H2,1H3. The van der Waals surface area contributed by atoms with Gasteiger partial charge in [-0.25, -0.2) is 4.79 Å². The van der Waals surface area contributed by atoms with Crippen molar-refractivity contribution in [2.75, 3.05) is 26.2 Å². The first-order valence-corrected chi connectivity index (χ1v) is 6.97. The van der Waals surface area contributed by atoms with Gasteiger partial charge >= 0.3 is 6.09 Å². The molecule has 1 amide bonds. The van der Waals surface area contributed by atoms with Gasteiger partial charge in [0.15, 0.2) is 0 Å². The van der Waals surface area contributed by atoms with E-state index in [0.29, 0.717) is 18.6 Å². The highest BCUT2D eigenvalue weighted by Gasteiger charge is 2.45. The van der Waals surface area contributed by atoms with Crippen LogP contribution >= 0.6 is 0 Å². The first kappa shape index (κ1) is 11.3. The Balaban J connectivity index is 1.64. The Kier molecular flexibility index (Phi) is 2.99. The number of hydrogen-bond donors (Lipinski definition) is 0. The first-order chi connectivity index (χ1) is 8.29. The molecule has 4 aliphatic rings. The molecule has 0 aromatic carbocycles. The number of rotatable bonds is 2. The minimum atomic E-state index is -0.0933. The Morgan fingerprint density at radius 1 is 1.35 bits per heavy atom. The lowest BCUT2D eigenvalue weighted by atomic mass is 9.75. The van der Waals surface area contributed by atoms with Gasteiger partial charge in [-0.05, 0) is 51.6 Å². The maximum absolute atomic E-state index is 11.8. The molecule has 0 aromatic rings. The number of ether oxygens (including phenoxy) is 1. The molecule has 4 fully saturated rings. The zero-order valence-corrected chi connectivity index (χ0v) is 10.6. The molecular weight excluding hydrogens is 216 g/mol. The second-order valence-corrected chi connectivity index (χ2v) is 5.54. The van der Waals surface area contributed by atoms with Crippen LogP contribution in [0, 0.1) is 5.92 Å². The molecule has 4 rings (SSSR count). The van der Waals surface area contributed by atoms with Gasteiger partial charge in [0.25, 0.3) is 0 Å². The molecule has 3 heterocycles. The van der Waals surface area contributed by atoms with Gasteiger partial charge in [-0.3, -0.25) is 4.90 Å². The molecule has 1 aliphatic carbocycles. The molecule has 4 nitrogen and oxygen atoms in total. The van der Waals surface area contributed by atoms with Crippen LogP contribution in [0.3, 0.4) is 0 Å². The number of hydrogen-bond acceptors (Lipinski definition) is 3. The molecule has 96 valence electrons. The fourth-order valence-electron chi connectivity index (χ4n) is 3.64. The molecule has 0 aromatic heterocycles. The number of amides is 1. The highest BCUT2D eigenvalue weighted by Crippen LogP contribution is 2.39. The third kappa shape index (κ3) is 1.92. The van der Waals surface area contributed by atoms with Crippen molar-refractivity contribution < 1.29 is 9.53 Å². The van der Waals surface area contributed by atoms with E-state index in [0.717, 1.165) is 12.6 Å². The maximum atomic E-state index is 11.8. The summed E-state index contributed by atoms with van der Waals surface area (Å²) in [6, 6.07) is 1.18. The summed E-state index contributed by atoms with van der Waals surface area (Å²) < 4.78 is 5.14. The van der Waals surface area contributed by atoms with Crippen molar-refractivity contribution in [2.45, 2.75) is 44.7 Å². The highest BCUT2D eigenvalue weighted by molar-refractivity contribution is 5.68. The number of carbonyl (C=O) groups excluding carboxylic acids is 1. The van der Waals surface area contributed by atoms with Crippen LogP contribution in [0.25, 0.3) is 0 Å². The van der Waals surface area contributed by atoms with E-state index in [1.54, 1.807) is 0 Å². The molecule has 1 saturated carbocycles.